The number of hydrogen-bond donors (Lipinski definition) is 0. The molecule has 0 fully saturated rings. The first-order valence-electron chi connectivity index (χ1n) is 18.4. The Morgan fingerprint density at radius 3 is 2.06 bits per heavy atom. The molecule has 5 heteroatoms. The molecule has 5 nitrogen and oxygen atoms in total. The number of pyridine rings is 1. The van der Waals surface area contributed by atoms with Crippen LogP contribution < -0.4 is 4.74 Å². The zero-order valence-corrected chi connectivity index (χ0v) is 31.8. The van der Waals surface area contributed by atoms with Crippen molar-refractivity contribution in [2.24, 2.45) is 5.92 Å². The maximum Gasteiger partial charge on any atom is 0.137 e. The molecule has 0 spiro atoms. The third-order valence-corrected chi connectivity index (χ3v) is 10.1. The second kappa shape index (κ2) is 13.5. The third-order valence-electron chi connectivity index (χ3n) is 10.1. The van der Waals surface area contributed by atoms with Crippen LogP contribution in [0.3, 0.4) is 0 Å². The number of hydrogen-bond acceptors (Lipinski definition) is 3. The predicted octanol–water partition coefficient (Wildman–Crippen LogP) is 12.5. The van der Waals surface area contributed by atoms with Gasteiger partial charge in [0.15, 0.2) is 0 Å². The fourth-order valence-electron chi connectivity index (χ4n) is 7.70. The normalized spacial score (nSPS) is 11.9. The number of para-hydroxylation sites is 1. The van der Waals surface area contributed by atoms with Crippen molar-refractivity contribution in [3.63, 3.8) is 0 Å². The summed E-state index contributed by atoms with van der Waals surface area (Å²) in [5.74, 6) is 3.66. The van der Waals surface area contributed by atoms with E-state index in [1.54, 1.807) is 0 Å². The minimum absolute atomic E-state index is 0.308. The first-order chi connectivity index (χ1) is 24.4. The van der Waals surface area contributed by atoms with Gasteiger partial charge in [-0.3, -0.25) is 4.57 Å². The summed E-state index contributed by atoms with van der Waals surface area (Å²) in [5, 5.41) is 7.61. The Morgan fingerprint density at radius 2 is 1.35 bits per heavy atom. The summed E-state index contributed by atoms with van der Waals surface area (Å²) in [6.45, 7) is 22.3. The maximum absolute atomic E-state index is 6.81. The fourth-order valence-corrected chi connectivity index (χ4v) is 7.70. The van der Waals surface area contributed by atoms with Gasteiger partial charge in [-0.15, -0.1) is 0 Å². The highest BCUT2D eigenvalue weighted by Crippen LogP contribution is 2.39. The van der Waals surface area contributed by atoms with Crippen LogP contribution in [0.2, 0.25) is 0 Å². The first-order valence-corrected chi connectivity index (χ1v) is 18.4. The molecule has 0 radical (unpaired) electrons. The standard InChI is InChI=1S/C46H50N4O/c1-27(2)19-43-46(45-31(8)20-30(7)21-32(45)9)33(10)48-50(43)36-22-35(29(5)6)23-38(25-36)51-37-15-16-40-39-13-11-12-14-41(39)49(42(40)26-37)44-24-34(28(3)4)17-18-47-44/h11-18,20-29H,19H2,1-10H3. The number of nitrogens with zero attached hydrogens (tertiary/aromatic N) is 4. The molecule has 7 aromatic rings. The van der Waals surface area contributed by atoms with E-state index >= 15 is 0 Å². The van der Waals surface area contributed by atoms with Crippen LogP contribution in [-0.2, 0) is 6.42 Å². The van der Waals surface area contributed by atoms with Crippen LogP contribution in [0.5, 0.6) is 11.5 Å². The molecule has 4 aromatic carbocycles. The molecule has 0 aliphatic heterocycles. The van der Waals surface area contributed by atoms with Gasteiger partial charge in [-0.05, 0) is 122 Å². The number of aromatic nitrogens is 4. The monoisotopic (exact) mass is 674 g/mol. The van der Waals surface area contributed by atoms with Crippen LogP contribution in [0, 0.1) is 33.6 Å². The Kier molecular flexibility index (Phi) is 9.09. The van der Waals surface area contributed by atoms with Crippen molar-refractivity contribution in [1.29, 1.82) is 0 Å². The number of benzene rings is 4. The average molecular weight is 675 g/mol. The Hall–Kier alpha value is -5.16. The number of fused-ring (bicyclic) bond motifs is 3. The van der Waals surface area contributed by atoms with Crippen LogP contribution in [0.15, 0.2) is 91.1 Å². The molecule has 0 saturated heterocycles. The van der Waals surface area contributed by atoms with Gasteiger partial charge in [-0.2, -0.15) is 5.10 Å². The van der Waals surface area contributed by atoms with Crippen molar-refractivity contribution < 1.29 is 4.74 Å². The van der Waals surface area contributed by atoms with E-state index in [1.807, 2.05) is 6.20 Å². The van der Waals surface area contributed by atoms with Gasteiger partial charge >= 0.3 is 0 Å². The van der Waals surface area contributed by atoms with Gasteiger partial charge in [0.2, 0.25) is 0 Å². The lowest BCUT2D eigenvalue weighted by Crippen LogP contribution is -2.08. The minimum atomic E-state index is 0.308. The summed E-state index contributed by atoms with van der Waals surface area (Å²) < 4.78 is 11.2. The van der Waals surface area contributed by atoms with Crippen molar-refractivity contribution >= 4 is 21.8 Å². The molecule has 7 rings (SSSR count). The quantitative estimate of drug-likeness (QED) is 0.153. The van der Waals surface area contributed by atoms with Gasteiger partial charge < -0.3 is 4.74 Å². The van der Waals surface area contributed by atoms with E-state index in [2.05, 4.69) is 163 Å². The molecular formula is C46H50N4O. The molecule has 260 valence electrons. The Balaban J connectivity index is 1.37. The molecule has 0 atom stereocenters. The SMILES string of the molecule is Cc1cc(C)c(-c2c(C)nn(-c3cc(Oc4ccc5c6ccccc6n(-c6cc(C(C)C)ccn6)c5c4)cc(C(C)C)c3)c2CC(C)C)c(C)c1. The Morgan fingerprint density at radius 1 is 0.647 bits per heavy atom. The lowest BCUT2D eigenvalue weighted by molar-refractivity contribution is 0.481. The topological polar surface area (TPSA) is 44.9 Å². The summed E-state index contributed by atoms with van der Waals surface area (Å²) in [6, 6.07) is 30.5. The van der Waals surface area contributed by atoms with Crippen molar-refractivity contribution in [3.05, 3.63) is 130 Å². The molecule has 0 bridgehead atoms. The minimum Gasteiger partial charge on any atom is -0.457 e. The summed E-state index contributed by atoms with van der Waals surface area (Å²) >= 11 is 0. The van der Waals surface area contributed by atoms with Crippen molar-refractivity contribution in [3.8, 4) is 34.1 Å². The molecule has 0 saturated carbocycles. The fraction of sp³-hybridized carbons (Fsp3) is 0.304. The van der Waals surface area contributed by atoms with Crippen molar-refractivity contribution in [1.82, 2.24) is 19.3 Å². The van der Waals surface area contributed by atoms with E-state index in [0.717, 1.165) is 46.2 Å². The zero-order chi connectivity index (χ0) is 36.1. The highest BCUT2D eigenvalue weighted by molar-refractivity contribution is 6.09. The largest absolute Gasteiger partial charge is 0.457 e. The van der Waals surface area contributed by atoms with Crippen LogP contribution >= 0.6 is 0 Å². The van der Waals surface area contributed by atoms with Gasteiger partial charge in [0, 0.05) is 34.7 Å². The van der Waals surface area contributed by atoms with Gasteiger partial charge in [-0.1, -0.05) is 77.4 Å². The van der Waals surface area contributed by atoms with E-state index in [-0.39, 0.29) is 0 Å². The molecule has 3 aromatic heterocycles. The van der Waals surface area contributed by atoms with E-state index in [1.165, 1.54) is 55.4 Å². The average Bonchev–Trinajstić information content (AvgIpc) is 3.57. The van der Waals surface area contributed by atoms with Gasteiger partial charge in [0.25, 0.3) is 0 Å². The van der Waals surface area contributed by atoms with Gasteiger partial charge in [0.05, 0.1) is 28.1 Å². The number of rotatable bonds is 9. The van der Waals surface area contributed by atoms with E-state index in [9.17, 15) is 0 Å². The maximum atomic E-state index is 6.81. The van der Waals surface area contributed by atoms with Crippen LogP contribution in [0.4, 0.5) is 0 Å². The molecule has 0 aliphatic rings. The summed E-state index contributed by atoms with van der Waals surface area (Å²) in [7, 11) is 0. The summed E-state index contributed by atoms with van der Waals surface area (Å²) in [5.41, 5.74) is 14.4. The molecular weight excluding hydrogens is 625 g/mol. The predicted molar refractivity (Wildman–Crippen MR) is 213 cm³/mol. The van der Waals surface area contributed by atoms with Crippen LogP contribution in [0.25, 0.3) is 44.4 Å². The second-order valence-electron chi connectivity index (χ2n) is 15.3. The number of aryl methyl sites for hydroxylation is 4. The summed E-state index contributed by atoms with van der Waals surface area (Å²) in [4.78, 5) is 4.84. The van der Waals surface area contributed by atoms with E-state index < -0.39 is 0 Å². The highest BCUT2D eigenvalue weighted by Gasteiger charge is 2.23. The first kappa shape index (κ1) is 34.3. The molecule has 0 unspecified atom stereocenters. The second-order valence-corrected chi connectivity index (χ2v) is 15.3. The summed E-state index contributed by atoms with van der Waals surface area (Å²) in [6.07, 6.45) is 2.83. The van der Waals surface area contributed by atoms with Gasteiger partial charge in [-0.25, -0.2) is 9.67 Å². The van der Waals surface area contributed by atoms with Crippen molar-refractivity contribution in [2.75, 3.05) is 0 Å². The number of ether oxygens (including phenoxy) is 1. The van der Waals surface area contributed by atoms with Gasteiger partial charge in [0.1, 0.15) is 17.3 Å². The Labute approximate surface area is 302 Å². The lowest BCUT2D eigenvalue weighted by atomic mass is 9.90. The van der Waals surface area contributed by atoms with Crippen LogP contribution in [0.1, 0.15) is 92.6 Å². The van der Waals surface area contributed by atoms with Crippen molar-refractivity contribution in [2.45, 2.75) is 87.5 Å². The molecule has 51 heavy (non-hydrogen) atoms. The van der Waals surface area contributed by atoms with Crippen LogP contribution in [-0.4, -0.2) is 19.3 Å². The molecule has 0 aliphatic carbocycles. The molecule has 0 N–H and O–H groups in total. The van der Waals surface area contributed by atoms with E-state index in [4.69, 9.17) is 14.8 Å². The third kappa shape index (κ3) is 6.46. The zero-order valence-electron chi connectivity index (χ0n) is 31.8. The Bertz CT molecular complexity index is 2380. The highest BCUT2D eigenvalue weighted by atomic mass is 16.5. The molecule has 3 heterocycles. The van der Waals surface area contributed by atoms with E-state index in [0.29, 0.717) is 17.8 Å². The lowest BCUT2D eigenvalue weighted by Gasteiger charge is -2.18. The molecule has 0 amide bonds. The smallest absolute Gasteiger partial charge is 0.137 e.